The lowest BCUT2D eigenvalue weighted by Crippen LogP contribution is -2.31. The summed E-state index contributed by atoms with van der Waals surface area (Å²) in [5, 5.41) is 13.1. The molecule has 1 atom stereocenters. The van der Waals surface area contributed by atoms with Gasteiger partial charge in [-0.25, -0.2) is 0 Å². The summed E-state index contributed by atoms with van der Waals surface area (Å²) >= 11 is 0. The Bertz CT molecular complexity index is 528. The molecule has 2 aromatic carbocycles. The Hall–Kier alpha value is -1.88. The number of benzene rings is 2. The van der Waals surface area contributed by atoms with Crippen molar-refractivity contribution in [2.75, 3.05) is 20.3 Å². The van der Waals surface area contributed by atoms with Crippen molar-refractivity contribution in [2.24, 2.45) is 0 Å². The zero-order valence-corrected chi connectivity index (χ0v) is 12.9. The van der Waals surface area contributed by atoms with Crippen molar-refractivity contribution in [1.29, 1.82) is 0 Å². The maximum absolute atomic E-state index is 9.92. The molecule has 2 aromatic rings. The zero-order chi connectivity index (χ0) is 15.6. The molecule has 0 aromatic heterocycles. The first-order valence-electron chi connectivity index (χ1n) is 7.41. The lowest BCUT2D eigenvalue weighted by molar-refractivity contribution is 0.106. The average Bonchev–Trinajstić information content (AvgIpc) is 2.55. The van der Waals surface area contributed by atoms with Crippen LogP contribution >= 0.6 is 0 Å². The third-order valence-electron chi connectivity index (χ3n) is 3.23. The molecule has 0 aliphatic carbocycles. The Morgan fingerprint density at radius 2 is 1.73 bits per heavy atom. The second-order valence-corrected chi connectivity index (χ2v) is 5.16. The first-order chi connectivity index (χ1) is 10.8. The molecule has 2 N–H and O–H groups in total. The third-order valence-corrected chi connectivity index (χ3v) is 3.23. The van der Waals surface area contributed by atoms with E-state index < -0.39 is 6.10 Å². The van der Waals surface area contributed by atoms with Crippen LogP contribution in [0.4, 0.5) is 0 Å². The predicted molar refractivity (Wildman–Crippen MR) is 86.8 cm³/mol. The summed E-state index contributed by atoms with van der Waals surface area (Å²) in [5.74, 6) is 0.752. The van der Waals surface area contributed by atoms with Gasteiger partial charge in [-0.3, -0.25) is 0 Å². The van der Waals surface area contributed by atoms with Crippen LogP contribution < -0.4 is 10.1 Å². The Labute approximate surface area is 131 Å². The van der Waals surface area contributed by atoms with E-state index in [0.29, 0.717) is 13.2 Å². The molecule has 0 spiro atoms. The van der Waals surface area contributed by atoms with E-state index in [1.807, 2.05) is 42.5 Å². The van der Waals surface area contributed by atoms with E-state index in [2.05, 4.69) is 17.4 Å². The molecule has 0 fully saturated rings. The van der Waals surface area contributed by atoms with Crippen molar-refractivity contribution >= 4 is 0 Å². The van der Waals surface area contributed by atoms with Gasteiger partial charge < -0.3 is 19.9 Å². The monoisotopic (exact) mass is 301 g/mol. The van der Waals surface area contributed by atoms with Gasteiger partial charge in [0.05, 0.1) is 6.61 Å². The number of methoxy groups -OCH3 is 1. The number of nitrogens with one attached hydrogen (secondary N) is 1. The molecule has 0 bridgehead atoms. The molecule has 0 heterocycles. The summed E-state index contributed by atoms with van der Waals surface area (Å²) in [6.45, 7) is 2.10. The molecule has 2 rings (SSSR count). The molecular formula is C18H23NO3. The summed E-state index contributed by atoms with van der Waals surface area (Å²) in [7, 11) is 1.67. The number of rotatable bonds is 9. The predicted octanol–water partition coefficient (Wildman–Crippen LogP) is 2.36. The van der Waals surface area contributed by atoms with Gasteiger partial charge in [0, 0.05) is 20.2 Å². The number of hydrogen-bond donors (Lipinski definition) is 2. The van der Waals surface area contributed by atoms with Gasteiger partial charge in [-0.1, -0.05) is 42.5 Å². The number of aliphatic hydroxyl groups is 1. The van der Waals surface area contributed by atoms with Crippen LogP contribution in [0.3, 0.4) is 0 Å². The van der Waals surface area contributed by atoms with E-state index in [-0.39, 0.29) is 6.61 Å². The van der Waals surface area contributed by atoms with Crippen molar-refractivity contribution in [3.05, 3.63) is 65.7 Å². The van der Waals surface area contributed by atoms with Gasteiger partial charge in [0.25, 0.3) is 0 Å². The highest BCUT2D eigenvalue weighted by molar-refractivity contribution is 5.26. The molecular weight excluding hydrogens is 278 g/mol. The largest absolute Gasteiger partial charge is 0.491 e. The van der Waals surface area contributed by atoms with E-state index in [1.54, 1.807) is 7.11 Å². The molecule has 118 valence electrons. The maximum Gasteiger partial charge on any atom is 0.119 e. The van der Waals surface area contributed by atoms with Crippen molar-refractivity contribution in [1.82, 2.24) is 5.32 Å². The van der Waals surface area contributed by atoms with E-state index in [0.717, 1.165) is 17.9 Å². The SMILES string of the molecule is COCc1ccc(OCC(O)CNCc2ccccc2)cc1. The van der Waals surface area contributed by atoms with E-state index >= 15 is 0 Å². The first kappa shape index (κ1) is 16.5. The first-order valence-corrected chi connectivity index (χ1v) is 7.41. The molecule has 0 radical (unpaired) electrons. The molecule has 22 heavy (non-hydrogen) atoms. The third kappa shape index (κ3) is 5.85. The van der Waals surface area contributed by atoms with Gasteiger partial charge in [0.2, 0.25) is 0 Å². The zero-order valence-electron chi connectivity index (χ0n) is 12.9. The van der Waals surface area contributed by atoms with Gasteiger partial charge in [0.15, 0.2) is 0 Å². The van der Waals surface area contributed by atoms with Crippen molar-refractivity contribution in [3.8, 4) is 5.75 Å². The fourth-order valence-electron chi connectivity index (χ4n) is 2.08. The summed E-state index contributed by atoms with van der Waals surface area (Å²) in [6, 6.07) is 17.8. The van der Waals surface area contributed by atoms with Crippen LogP contribution in [-0.4, -0.2) is 31.5 Å². The minimum absolute atomic E-state index is 0.269. The lowest BCUT2D eigenvalue weighted by atomic mass is 10.2. The average molecular weight is 301 g/mol. The standard InChI is InChI=1S/C18H23NO3/c1-21-13-16-7-9-18(10-8-16)22-14-17(20)12-19-11-15-5-3-2-4-6-15/h2-10,17,19-20H,11-14H2,1H3. The molecule has 0 aliphatic heterocycles. The summed E-state index contributed by atoms with van der Waals surface area (Å²) in [5.41, 5.74) is 2.30. The summed E-state index contributed by atoms with van der Waals surface area (Å²) in [4.78, 5) is 0. The maximum atomic E-state index is 9.92. The van der Waals surface area contributed by atoms with Gasteiger partial charge >= 0.3 is 0 Å². The Kier molecular flexibility index (Phi) is 6.90. The highest BCUT2D eigenvalue weighted by Crippen LogP contribution is 2.12. The van der Waals surface area contributed by atoms with Gasteiger partial charge in [-0.2, -0.15) is 0 Å². The smallest absolute Gasteiger partial charge is 0.119 e. The number of aliphatic hydroxyl groups excluding tert-OH is 1. The number of ether oxygens (including phenoxy) is 2. The lowest BCUT2D eigenvalue weighted by Gasteiger charge is -2.13. The second kappa shape index (κ2) is 9.20. The van der Waals surface area contributed by atoms with Crippen LogP contribution in [0.2, 0.25) is 0 Å². The molecule has 0 saturated carbocycles. The Morgan fingerprint density at radius 3 is 2.41 bits per heavy atom. The van der Waals surface area contributed by atoms with Crippen LogP contribution in [0.5, 0.6) is 5.75 Å². The second-order valence-electron chi connectivity index (χ2n) is 5.16. The highest BCUT2D eigenvalue weighted by Gasteiger charge is 2.05. The van der Waals surface area contributed by atoms with Gasteiger partial charge in [0.1, 0.15) is 18.5 Å². The fraction of sp³-hybridized carbons (Fsp3) is 0.333. The minimum Gasteiger partial charge on any atom is -0.491 e. The molecule has 0 amide bonds. The van der Waals surface area contributed by atoms with E-state index in [4.69, 9.17) is 9.47 Å². The Morgan fingerprint density at radius 1 is 1.00 bits per heavy atom. The van der Waals surface area contributed by atoms with Gasteiger partial charge in [-0.05, 0) is 23.3 Å². The normalized spacial score (nSPS) is 12.1. The van der Waals surface area contributed by atoms with Crippen LogP contribution in [0.1, 0.15) is 11.1 Å². The summed E-state index contributed by atoms with van der Waals surface area (Å²) < 4.78 is 10.6. The molecule has 1 unspecified atom stereocenters. The van der Waals surface area contributed by atoms with E-state index in [9.17, 15) is 5.11 Å². The Balaban J connectivity index is 1.65. The fourth-order valence-corrected chi connectivity index (χ4v) is 2.08. The van der Waals surface area contributed by atoms with Crippen LogP contribution in [0.15, 0.2) is 54.6 Å². The van der Waals surface area contributed by atoms with Crippen molar-refractivity contribution in [2.45, 2.75) is 19.3 Å². The summed E-state index contributed by atoms with van der Waals surface area (Å²) in [6.07, 6.45) is -0.539. The van der Waals surface area contributed by atoms with Crippen LogP contribution in [0, 0.1) is 0 Å². The number of hydrogen-bond acceptors (Lipinski definition) is 4. The quantitative estimate of drug-likeness (QED) is 0.746. The van der Waals surface area contributed by atoms with E-state index in [1.165, 1.54) is 5.56 Å². The molecule has 0 aliphatic rings. The topological polar surface area (TPSA) is 50.7 Å². The van der Waals surface area contributed by atoms with Crippen LogP contribution in [0.25, 0.3) is 0 Å². The van der Waals surface area contributed by atoms with Gasteiger partial charge in [-0.15, -0.1) is 0 Å². The highest BCUT2D eigenvalue weighted by atomic mass is 16.5. The molecule has 0 saturated heterocycles. The van der Waals surface area contributed by atoms with Crippen molar-refractivity contribution in [3.63, 3.8) is 0 Å². The van der Waals surface area contributed by atoms with Crippen LogP contribution in [-0.2, 0) is 17.9 Å². The minimum atomic E-state index is -0.539. The molecule has 4 heteroatoms. The van der Waals surface area contributed by atoms with Crippen molar-refractivity contribution < 1.29 is 14.6 Å². The molecule has 4 nitrogen and oxygen atoms in total.